The second kappa shape index (κ2) is 10.3. The van der Waals surface area contributed by atoms with Crippen LogP contribution in [0.15, 0.2) is 50.7 Å². The highest BCUT2D eigenvalue weighted by atomic mass is 79.9. The van der Waals surface area contributed by atoms with E-state index >= 15 is 0 Å². The van der Waals surface area contributed by atoms with Gasteiger partial charge in [-0.15, -0.1) is 0 Å². The molecule has 0 spiro atoms. The number of pyridine rings is 3. The van der Waals surface area contributed by atoms with Crippen LogP contribution in [0.3, 0.4) is 0 Å². The van der Waals surface area contributed by atoms with E-state index in [4.69, 9.17) is 9.73 Å². The lowest BCUT2D eigenvalue weighted by Gasteiger charge is -2.25. The van der Waals surface area contributed by atoms with Gasteiger partial charge in [-0.05, 0) is 86.0 Å². The van der Waals surface area contributed by atoms with Crippen LogP contribution >= 0.6 is 15.9 Å². The van der Waals surface area contributed by atoms with Crippen LogP contribution in [0.25, 0.3) is 5.70 Å². The summed E-state index contributed by atoms with van der Waals surface area (Å²) in [5.74, 6) is -0.232. The first-order valence-corrected chi connectivity index (χ1v) is 12.8. The van der Waals surface area contributed by atoms with E-state index in [-0.39, 0.29) is 22.6 Å². The number of nitrogens with zero attached hydrogens (tertiary/aromatic N) is 4. The lowest BCUT2D eigenvalue weighted by molar-refractivity contribution is 0.0738. The summed E-state index contributed by atoms with van der Waals surface area (Å²) < 4.78 is 21.4. The van der Waals surface area contributed by atoms with E-state index < -0.39 is 11.5 Å². The van der Waals surface area contributed by atoms with E-state index in [1.54, 1.807) is 43.5 Å². The predicted molar refractivity (Wildman–Crippen MR) is 145 cm³/mol. The Balaban J connectivity index is 1.70. The molecule has 9 heteroatoms. The van der Waals surface area contributed by atoms with Gasteiger partial charge in [-0.25, -0.2) is 9.97 Å². The third-order valence-corrected chi connectivity index (χ3v) is 6.95. The van der Waals surface area contributed by atoms with E-state index in [0.29, 0.717) is 40.8 Å². The molecule has 0 fully saturated rings. The summed E-state index contributed by atoms with van der Waals surface area (Å²) in [4.78, 5) is 26.8. The Labute approximate surface area is 223 Å². The number of halogens is 2. The molecule has 7 nitrogen and oxygen atoms in total. The van der Waals surface area contributed by atoms with Crippen molar-refractivity contribution in [3.05, 3.63) is 91.1 Å². The van der Waals surface area contributed by atoms with Crippen molar-refractivity contribution in [2.45, 2.75) is 53.8 Å². The van der Waals surface area contributed by atoms with Gasteiger partial charge in [0.05, 0.1) is 22.8 Å². The number of hydrogen-bond acceptors (Lipinski definition) is 6. The molecule has 1 atom stereocenters. The highest BCUT2D eigenvalue weighted by Crippen LogP contribution is 2.29. The highest BCUT2D eigenvalue weighted by Gasteiger charge is 2.25. The number of dihydropyridines is 1. The van der Waals surface area contributed by atoms with Gasteiger partial charge in [0, 0.05) is 29.9 Å². The summed E-state index contributed by atoms with van der Waals surface area (Å²) in [5.41, 5.74) is 4.09. The molecule has 1 aliphatic heterocycles. The summed E-state index contributed by atoms with van der Waals surface area (Å²) in [6.45, 7) is 11.5. The molecule has 0 bridgehead atoms. The van der Waals surface area contributed by atoms with Crippen LogP contribution in [0.2, 0.25) is 0 Å². The Kier molecular flexibility index (Phi) is 7.48. The van der Waals surface area contributed by atoms with Crippen LogP contribution < -0.4 is 10.3 Å². The van der Waals surface area contributed by atoms with Crippen molar-refractivity contribution in [2.24, 2.45) is 10.9 Å². The minimum Gasteiger partial charge on any atom is -0.486 e. The molecule has 0 amide bonds. The van der Waals surface area contributed by atoms with Crippen molar-refractivity contribution < 1.29 is 14.2 Å². The zero-order valence-electron chi connectivity index (χ0n) is 21.8. The Morgan fingerprint density at radius 1 is 1.19 bits per heavy atom. The van der Waals surface area contributed by atoms with Gasteiger partial charge in [-0.3, -0.25) is 14.4 Å². The Morgan fingerprint density at radius 3 is 2.59 bits per heavy atom. The minimum absolute atomic E-state index is 0.0175. The molecular weight excluding hydrogens is 539 g/mol. The Bertz CT molecular complexity index is 1470. The largest absolute Gasteiger partial charge is 0.486 e. The summed E-state index contributed by atoms with van der Waals surface area (Å²) in [5, 5.41) is 10.4. The molecule has 0 aliphatic carbocycles. The number of rotatable bonds is 6. The minimum atomic E-state index is -1.09. The second-order valence-electron chi connectivity index (χ2n) is 9.97. The molecule has 3 aromatic heterocycles. The van der Waals surface area contributed by atoms with Crippen molar-refractivity contribution in [3.63, 3.8) is 0 Å². The third kappa shape index (κ3) is 5.72. The fourth-order valence-corrected chi connectivity index (χ4v) is 4.65. The predicted octanol–water partition coefficient (Wildman–Crippen LogP) is 5.25. The van der Waals surface area contributed by atoms with Crippen molar-refractivity contribution >= 4 is 27.3 Å². The Morgan fingerprint density at radius 2 is 1.92 bits per heavy atom. The van der Waals surface area contributed by atoms with Crippen LogP contribution in [0.1, 0.15) is 54.7 Å². The number of hydrogen-bond donors (Lipinski definition) is 1. The molecule has 4 rings (SSSR count). The monoisotopic (exact) mass is 568 g/mol. The Hall–Kier alpha value is -3.17. The third-order valence-electron chi connectivity index (χ3n) is 6.22. The SMILES string of the molecule is Cc1cc(F)nc(COc2cc(C)n(C3=CC(c4nc(C(C)(C)O)ccc4C)=NC[C@H]3C)c(=O)c2Br)c1. The maximum Gasteiger partial charge on any atom is 0.273 e. The van der Waals surface area contributed by atoms with Crippen LogP contribution in [-0.2, 0) is 12.2 Å². The number of aliphatic imine (C=N–C) groups is 1. The zero-order valence-corrected chi connectivity index (χ0v) is 23.4. The molecule has 194 valence electrons. The number of aryl methyl sites for hydroxylation is 3. The topological polar surface area (TPSA) is 89.6 Å². The standard InChI is InChI=1S/C28H30BrFN4O3/c1-15-9-19(32-24(30)10-15)14-37-22-11-18(4)34(27(35)25(22)29)21-12-20(31-13-17(21)3)26-16(2)7-8-23(33-26)28(5,6)36/h7-12,17,36H,13-14H2,1-6H3/t17-/m1/s1. The van der Waals surface area contributed by atoms with E-state index in [9.17, 15) is 14.3 Å². The molecule has 1 N–H and O–H groups in total. The molecule has 1 aliphatic rings. The molecule has 0 saturated heterocycles. The maximum absolute atomic E-state index is 13.7. The number of ether oxygens (including phenoxy) is 1. The molecule has 0 radical (unpaired) electrons. The van der Waals surface area contributed by atoms with Gasteiger partial charge >= 0.3 is 0 Å². The quantitative estimate of drug-likeness (QED) is 0.410. The number of allylic oxidation sites excluding steroid dienone is 1. The molecule has 4 heterocycles. The molecule has 37 heavy (non-hydrogen) atoms. The van der Waals surface area contributed by atoms with Gasteiger partial charge in [-0.1, -0.05) is 13.0 Å². The van der Waals surface area contributed by atoms with E-state index in [1.807, 2.05) is 32.9 Å². The molecule has 0 saturated carbocycles. The smallest absolute Gasteiger partial charge is 0.273 e. The average Bonchev–Trinajstić information content (AvgIpc) is 2.81. The first kappa shape index (κ1) is 26.9. The molecule has 3 aromatic rings. The fourth-order valence-electron chi connectivity index (χ4n) is 4.24. The maximum atomic E-state index is 13.7. The van der Waals surface area contributed by atoms with Gasteiger partial charge < -0.3 is 9.84 Å². The van der Waals surface area contributed by atoms with E-state index in [0.717, 1.165) is 16.8 Å². The number of aromatic nitrogens is 3. The molecule has 0 unspecified atom stereocenters. The summed E-state index contributed by atoms with van der Waals surface area (Å²) >= 11 is 3.41. The van der Waals surface area contributed by atoms with Gasteiger partial charge in [-0.2, -0.15) is 4.39 Å². The van der Waals surface area contributed by atoms with Crippen molar-refractivity contribution in [3.8, 4) is 5.75 Å². The second-order valence-corrected chi connectivity index (χ2v) is 10.8. The first-order chi connectivity index (χ1) is 17.3. The van der Waals surface area contributed by atoms with Crippen molar-refractivity contribution in [1.29, 1.82) is 0 Å². The average molecular weight is 569 g/mol. The van der Waals surface area contributed by atoms with Gasteiger partial charge in [0.25, 0.3) is 5.56 Å². The van der Waals surface area contributed by atoms with Gasteiger partial charge in [0.15, 0.2) is 0 Å². The van der Waals surface area contributed by atoms with E-state index in [1.165, 1.54) is 6.07 Å². The van der Waals surface area contributed by atoms with Gasteiger partial charge in [0.2, 0.25) is 5.95 Å². The lowest BCUT2D eigenvalue weighted by atomic mass is 9.98. The highest BCUT2D eigenvalue weighted by molar-refractivity contribution is 9.10. The van der Waals surface area contributed by atoms with Gasteiger partial charge in [0.1, 0.15) is 22.4 Å². The molecule has 0 aromatic carbocycles. The lowest BCUT2D eigenvalue weighted by Crippen LogP contribution is -2.29. The fraction of sp³-hybridized carbons (Fsp3) is 0.357. The van der Waals surface area contributed by atoms with Crippen LogP contribution in [0.5, 0.6) is 5.75 Å². The normalized spacial score (nSPS) is 15.9. The van der Waals surface area contributed by atoms with Crippen LogP contribution in [0.4, 0.5) is 4.39 Å². The molecular formula is C28H30BrFN4O3. The van der Waals surface area contributed by atoms with Crippen molar-refractivity contribution in [2.75, 3.05) is 6.54 Å². The summed E-state index contributed by atoms with van der Waals surface area (Å²) in [6, 6.07) is 8.58. The van der Waals surface area contributed by atoms with Crippen molar-refractivity contribution in [1.82, 2.24) is 14.5 Å². The number of aliphatic hydroxyl groups is 1. The van der Waals surface area contributed by atoms with Crippen LogP contribution in [-0.4, -0.2) is 31.9 Å². The van der Waals surface area contributed by atoms with Crippen LogP contribution in [0, 0.1) is 32.6 Å². The first-order valence-electron chi connectivity index (χ1n) is 12.0. The zero-order chi connectivity index (χ0) is 27.1. The summed E-state index contributed by atoms with van der Waals surface area (Å²) in [7, 11) is 0. The summed E-state index contributed by atoms with van der Waals surface area (Å²) in [6.07, 6.45) is 1.89. The van der Waals surface area contributed by atoms with E-state index in [2.05, 4.69) is 25.9 Å².